The van der Waals surface area contributed by atoms with Crippen molar-refractivity contribution >= 4 is 11.4 Å². The molecule has 1 aromatic heterocycles. The number of aromatic nitrogens is 1. The Balaban J connectivity index is 3.52. The molecule has 64 valence electrons. The third-order valence-corrected chi connectivity index (χ3v) is 1.97. The number of anilines is 1. The fraction of sp³-hybridized carbons (Fsp3) is 0.375. The lowest BCUT2D eigenvalue weighted by Crippen LogP contribution is -1.98. The number of pyridine rings is 1. The molecule has 0 aromatic carbocycles. The van der Waals surface area contributed by atoms with Gasteiger partial charge in [-0.2, -0.15) is 0 Å². The highest BCUT2D eigenvalue weighted by Gasteiger charge is 2.09. The van der Waals surface area contributed by atoms with E-state index in [1.807, 2.05) is 6.92 Å². The van der Waals surface area contributed by atoms with Gasteiger partial charge in [-0.3, -0.25) is 4.98 Å². The highest BCUT2D eigenvalue weighted by molar-refractivity contribution is 5.69. The summed E-state index contributed by atoms with van der Waals surface area (Å²) in [6, 6.07) is 0. The van der Waals surface area contributed by atoms with E-state index in [0.717, 1.165) is 11.3 Å². The van der Waals surface area contributed by atoms with Crippen LogP contribution < -0.4 is 5.73 Å². The molecule has 0 aliphatic carbocycles. The zero-order valence-corrected chi connectivity index (χ0v) is 7.38. The third kappa shape index (κ3) is 1.15. The van der Waals surface area contributed by atoms with Gasteiger partial charge in [-0.1, -0.05) is 0 Å². The smallest absolute Gasteiger partial charge is 0.137 e. The number of nitrogens with zero attached hydrogens (tertiary/aromatic N) is 2. The molecule has 1 heterocycles. The molecular weight excluding hydrogens is 154 g/mol. The molecule has 4 nitrogen and oxygen atoms in total. The van der Waals surface area contributed by atoms with Crippen molar-refractivity contribution in [3.05, 3.63) is 21.9 Å². The number of hydrogen-bond donors (Lipinski definition) is 1. The summed E-state index contributed by atoms with van der Waals surface area (Å²) in [5.41, 5.74) is 8.53. The van der Waals surface area contributed by atoms with E-state index in [-0.39, 0.29) is 0 Å². The van der Waals surface area contributed by atoms with Crippen molar-refractivity contribution in [3.8, 4) is 0 Å². The first-order valence-electron chi connectivity index (χ1n) is 3.64. The van der Waals surface area contributed by atoms with Gasteiger partial charge in [-0.15, -0.1) is 4.91 Å². The van der Waals surface area contributed by atoms with Crippen LogP contribution in [0.15, 0.2) is 5.18 Å². The van der Waals surface area contributed by atoms with E-state index < -0.39 is 0 Å². The molecule has 1 rings (SSSR count). The molecule has 4 heteroatoms. The van der Waals surface area contributed by atoms with Crippen molar-refractivity contribution in [1.29, 1.82) is 0 Å². The van der Waals surface area contributed by atoms with Gasteiger partial charge in [0, 0.05) is 11.3 Å². The Bertz CT molecular complexity index is 307. The van der Waals surface area contributed by atoms with Crippen LogP contribution in [0.5, 0.6) is 0 Å². The lowest BCUT2D eigenvalue weighted by atomic mass is 10.1. The maximum Gasteiger partial charge on any atom is 0.137 e. The minimum Gasteiger partial charge on any atom is -0.395 e. The van der Waals surface area contributed by atoms with Gasteiger partial charge < -0.3 is 5.73 Å². The molecule has 0 amide bonds. The molecule has 0 saturated heterocycles. The van der Waals surface area contributed by atoms with Gasteiger partial charge >= 0.3 is 0 Å². The average Bonchev–Trinajstić information content (AvgIpc) is 2.02. The minimum absolute atomic E-state index is 0.319. The van der Waals surface area contributed by atoms with E-state index in [0.29, 0.717) is 17.1 Å². The van der Waals surface area contributed by atoms with E-state index in [4.69, 9.17) is 5.73 Å². The van der Waals surface area contributed by atoms with Crippen molar-refractivity contribution in [2.75, 3.05) is 5.73 Å². The molecule has 0 radical (unpaired) electrons. The predicted octanol–water partition coefficient (Wildman–Crippen LogP) is 1.99. The number of rotatable bonds is 1. The first-order valence-corrected chi connectivity index (χ1v) is 3.64. The molecule has 0 aliphatic rings. The summed E-state index contributed by atoms with van der Waals surface area (Å²) < 4.78 is 0. The van der Waals surface area contributed by atoms with E-state index in [1.165, 1.54) is 0 Å². The summed E-state index contributed by atoms with van der Waals surface area (Å²) in [4.78, 5) is 14.6. The van der Waals surface area contributed by atoms with Gasteiger partial charge in [-0.05, 0) is 25.9 Å². The van der Waals surface area contributed by atoms with E-state index in [1.54, 1.807) is 13.8 Å². The lowest BCUT2D eigenvalue weighted by Gasteiger charge is -2.06. The van der Waals surface area contributed by atoms with Gasteiger partial charge in [0.25, 0.3) is 0 Å². The van der Waals surface area contributed by atoms with Crippen LogP contribution in [0.25, 0.3) is 0 Å². The van der Waals surface area contributed by atoms with Crippen molar-refractivity contribution in [1.82, 2.24) is 4.98 Å². The quantitative estimate of drug-likeness (QED) is 0.647. The van der Waals surface area contributed by atoms with Gasteiger partial charge in [-0.25, -0.2) is 0 Å². The fourth-order valence-electron chi connectivity index (χ4n) is 1.06. The Morgan fingerprint density at radius 3 is 2.33 bits per heavy atom. The van der Waals surface area contributed by atoms with Crippen LogP contribution >= 0.6 is 0 Å². The van der Waals surface area contributed by atoms with E-state index in [2.05, 4.69) is 10.2 Å². The molecule has 0 bridgehead atoms. The van der Waals surface area contributed by atoms with Crippen LogP contribution in [0.4, 0.5) is 11.4 Å². The topological polar surface area (TPSA) is 68.3 Å². The SMILES string of the molecule is Cc1nc(C)c(N)c(N=O)c1C. The van der Waals surface area contributed by atoms with Crippen LogP contribution in [-0.2, 0) is 0 Å². The van der Waals surface area contributed by atoms with Crippen molar-refractivity contribution in [2.45, 2.75) is 20.8 Å². The summed E-state index contributed by atoms with van der Waals surface area (Å²) in [7, 11) is 0. The largest absolute Gasteiger partial charge is 0.395 e. The molecule has 0 fully saturated rings. The van der Waals surface area contributed by atoms with Gasteiger partial charge in [0.15, 0.2) is 0 Å². The highest BCUT2D eigenvalue weighted by atomic mass is 16.3. The van der Waals surface area contributed by atoms with Crippen LogP contribution in [0.2, 0.25) is 0 Å². The standard InChI is InChI=1S/C8H11N3O/c1-4-5(2)10-6(3)7(9)8(4)11-12/h9H2,1-3H3. The monoisotopic (exact) mass is 165 g/mol. The average molecular weight is 165 g/mol. The Kier molecular flexibility index (Phi) is 2.08. The Hall–Kier alpha value is -1.45. The molecule has 0 aliphatic heterocycles. The third-order valence-electron chi connectivity index (χ3n) is 1.97. The summed E-state index contributed by atoms with van der Waals surface area (Å²) in [6.07, 6.45) is 0. The number of nitrogen functional groups attached to an aromatic ring is 1. The van der Waals surface area contributed by atoms with Crippen LogP contribution in [0, 0.1) is 25.7 Å². The van der Waals surface area contributed by atoms with Crippen molar-refractivity contribution < 1.29 is 0 Å². The first-order chi connectivity index (χ1) is 5.57. The number of hydrogen-bond acceptors (Lipinski definition) is 4. The molecular formula is C8H11N3O. The number of aryl methyl sites for hydroxylation is 2. The van der Waals surface area contributed by atoms with Crippen molar-refractivity contribution in [3.63, 3.8) is 0 Å². The summed E-state index contributed by atoms with van der Waals surface area (Å²) in [5, 5.41) is 2.88. The molecule has 0 saturated carbocycles. The maximum absolute atomic E-state index is 10.4. The predicted molar refractivity (Wildman–Crippen MR) is 48.3 cm³/mol. The molecule has 0 atom stereocenters. The van der Waals surface area contributed by atoms with Crippen LogP contribution in [0.1, 0.15) is 17.0 Å². The Morgan fingerprint density at radius 2 is 1.83 bits per heavy atom. The second kappa shape index (κ2) is 2.89. The summed E-state index contributed by atoms with van der Waals surface area (Å²) >= 11 is 0. The van der Waals surface area contributed by atoms with Gasteiger partial charge in [0.2, 0.25) is 0 Å². The molecule has 0 unspecified atom stereocenters. The van der Waals surface area contributed by atoms with Crippen molar-refractivity contribution in [2.24, 2.45) is 5.18 Å². The zero-order chi connectivity index (χ0) is 9.30. The van der Waals surface area contributed by atoms with E-state index in [9.17, 15) is 4.91 Å². The highest BCUT2D eigenvalue weighted by Crippen LogP contribution is 2.29. The lowest BCUT2D eigenvalue weighted by molar-refractivity contribution is 1.09. The minimum atomic E-state index is 0.319. The second-order valence-corrected chi connectivity index (χ2v) is 2.76. The summed E-state index contributed by atoms with van der Waals surface area (Å²) in [5.74, 6) is 0. The first kappa shape index (κ1) is 8.64. The summed E-state index contributed by atoms with van der Waals surface area (Å²) in [6.45, 7) is 5.38. The zero-order valence-electron chi connectivity index (χ0n) is 7.38. The molecule has 12 heavy (non-hydrogen) atoms. The second-order valence-electron chi connectivity index (χ2n) is 2.76. The van der Waals surface area contributed by atoms with Crippen LogP contribution in [-0.4, -0.2) is 4.98 Å². The molecule has 1 aromatic rings. The maximum atomic E-state index is 10.4. The molecule has 0 spiro atoms. The molecule has 2 N–H and O–H groups in total. The van der Waals surface area contributed by atoms with Crippen LogP contribution in [0.3, 0.4) is 0 Å². The number of nitrogens with two attached hydrogens (primary N) is 1. The normalized spacial score (nSPS) is 9.92. The fourth-order valence-corrected chi connectivity index (χ4v) is 1.06. The van der Waals surface area contributed by atoms with Gasteiger partial charge in [0.05, 0.1) is 11.4 Å². The van der Waals surface area contributed by atoms with Gasteiger partial charge in [0.1, 0.15) is 5.69 Å². The Morgan fingerprint density at radius 1 is 1.25 bits per heavy atom. The van der Waals surface area contributed by atoms with E-state index >= 15 is 0 Å². The number of nitroso groups, excluding NO2 is 1. The Labute approximate surface area is 70.8 Å².